The van der Waals surface area contributed by atoms with Gasteiger partial charge < -0.3 is 15.4 Å². The molecule has 2 fully saturated rings. The molecule has 4 amide bonds. The van der Waals surface area contributed by atoms with E-state index in [1.807, 2.05) is 0 Å². The Morgan fingerprint density at radius 2 is 2.03 bits per heavy atom. The zero-order valence-corrected chi connectivity index (χ0v) is 17.8. The van der Waals surface area contributed by atoms with E-state index in [4.69, 9.17) is 27.9 Å². The van der Waals surface area contributed by atoms with Gasteiger partial charge in [0.1, 0.15) is 17.8 Å². The van der Waals surface area contributed by atoms with Gasteiger partial charge in [-0.2, -0.15) is 0 Å². The molecule has 1 aromatic rings. The fourth-order valence-electron chi connectivity index (χ4n) is 3.69. The number of carbonyl (C=O) groups is 3. The van der Waals surface area contributed by atoms with Gasteiger partial charge in [0.25, 0.3) is 5.91 Å². The predicted octanol–water partition coefficient (Wildman–Crippen LogP) is 3.38. The predicted molar refractivity (Wildman–Crippen MR) is 110 cm³/mol. The molecule has 0 atom stereocenters. The van der Waals surface area contributed by atoms with E-state index in [2.05, 4.69) is 17.6 Å². The minimum atomic E-state index is -0.824. The number of nitrogens with one attached hydrogen (secondary N) is 2. The number of hydrogen-bond donors (Lipinski definition) is 2. The van der Waals surface area contributed by atoms with Crippen molar-refractivity contribution in [2.75, 3.05) is 19.7 Å². The molecule has 7 nitrogen and oxygen atoms in total. The average Bonchev–Trinajstić information content (AvgIpc) is 2.90. The van der Waals surface area contributed by atoms with Crippen LogP contribution >= 0.6 is 23.2 Å². The number of benzene rings is 1. The first-order valence-corrected chi connectivity index (χ1v) is 10.5. The summed E-state index contributed by atoms with van der Waals surface area (Å²) < 4.78 is 5.55. The lowest BCUT2D eigenvalue weighted by Gasteiger charge is -2.33. The van der Waals surface area contributed by atoms with Crippen LogP contribution in [0.5, 0.6) is 5.75 Å². The van der Waals surface area contributed by atoms with Crippen LogP contribution in [0.2, 0.25) is 10.0 Å². The van der Waals surface area contributed by atoms with Crippen LogP contribution in [-0.4, -0.2) is 48.0 Å². The van der Waals surface area contributed by atoms with Gasteiger partial charge in [0, 0.05) is 11.6 Å². The average molecular weight is 442 g/mol. The molecule has 1 aromatic carbocycles. The second-order valence-electron chi connectivity index (χ2n) is 7.71. The van der Waals surface area contributed by atoms with E-state index >= 15 is 0 Å². The van der Waals surface area contributed by atoms with Gasteiger partial charge in [-0.1, -0.05) is 30.1 Å². The van der Waals surface area contributed by atoms with Crippen LogP contribution in [0.15, 0.2) is 18.2 Å². The Hall–Kier alpha value is -1.99. The Bertz CT molecular complexity index is 794. The molecule has 29 heavy (non-hydrogen) atoms. The van der Waals surface area contributed by atoms with Gasteiger partial charge in [0.15, 0.2) is 0 Å². The Kier molecular flexibility index (Phi) is 6.90. The summed E-state index contributed by atoms with van der Waals surface area (Å²) in [6.07, 6.45) is 3.59. The van der Waals surface area contributed by atoms with Gasteiger partial charge in [-0.3, -0.25) is 14.5 Å². The number of amides is 4. The Labute approximate surface area is 180 Å². The van der Waals surface area contributed by atoms with Crippen molar-refractivity contribution in [1.29, 1.82) is 0 Å². The Balaban J connectivity index is 1.40. The number of ether oxygens (including phenoxy) is 1. The highest BCUT2D eigenvalue weighted by atomic mass is 35.5. The van der Waals surface area contributed by atoms with Crippen LogP contribution < -0.4 is 15.4 Å². The number of imide groups is 1. The SMILES string of the molecule is CC1CCC2(CC1)NC(=O)N(CC(=O)NCCCOc1ccc(Cl)cc1Cl)C2=O. The molecule has 1 aliphatic carbocycles. The van der Waals surface area contributed by atoms with Crippen LogP contribution in [0, 0.1) is 5.92 Å². The minimum Gasteiger partial charge on any atom is -0.492 e. The Morgan fingerprint density at radius 3 is 2.72 bits per heavy atom. The highest BCUT2D eigenvalue weighted by Gasteiger charge is 2.52. The maximum Gasteiger partial charge on any atom is 0.325 e. The zero-order chi connectivity index (χ0) is 21.0. The highest BCUT2D eigenvalue weighted by molar-refractivity contribution is 6.35. The maximum atomic E-state index is 12.7. The van der Waals surface area contributed by atoms with Gasteiger partial charge in [0.05, 0.1) is 11.6 Å². The van der Waals surface area contributed by atoms with Gasteiger partial charge in [-0.05, 0) is 56.2 Å². The molecule has 2 N–H and O–H groups in total. The quantitative estimate of drug-likeness (QED) is 0.501. The van der Waals surface area contributed by atoms with E-state index in [1.54, 1.807) is 18.2 Å². The molecule has 1 saturated heterocycles. The number of rotatable bonds is 7. The summed E-state index contributed by atoms with van der Waals surface area (Å²) in [4.78, 5) is 38.2. The second kappa shape index (κ2) is 9.22. The summed E-state index contributed by atoms with van der Waals surface area (Å²) in [7, 11) is 0. The van der Waals surface area contributed by atoms with Crippen molar-refractivity contribution < 1.29 is 19.1 Å². The van der Waals surface area contributed by atoms with Gasteiger partial charge in [-0.15, -0.1) is 0 Å². The van der Waals surface area contributed by atoms with E-state index in [9.17, 15) is 14.4 Å². The molecule has 0 unspecified atom stereocenters. The topological polar surface area (TPSA) is 87.7 Å². The summed E-state index contributed by atoms with van der Waals surface area (Å²) in [5.41, 5.74) is -0.824. The van der Waals surface area contributed by atoms with Crippen molar-refractivity contribution in [3.05, 3.63) is 28.2 Å². The lowest BCUT2D eigenvalue weighted by molar-refractivity contribution is -0.136. The van der Waals surface area contributed by atoms with Crippen LogP contribution in [0.4, 0.5) is 4.79 Å². The standard InChI is InChI=1S/C20H25Cl2N3O4/c1-13-5-7-20(8-6-13)18(27)25(19(28)24-20)12-17(26)23-9-2-10-29-16-4-3-14(21)11-15(16)22/h3-4,11,13H,2,5-10,12H2,1H3,(H,23,26)(H,24,28). The molecule has 3 rings (SSSR count). The summed E-state index contributed by atoms with van der Waals surface area (Å²) in [5.74, 6) is 0.408. The van der Waals surface area contributed by atoms with Crippen molar-refractivity contribution in [3.63, 3.8) is 0 Å². The number of hydrogen-bond acceptors (Lipinski definition) is 4. The number of carbonyl (C=O) groups excluding carboxylic acids is 3. The number of nitrogens with zero attached hydrogens (tertiary/aromatic N) is 1. The van der Waals surface area contributed by atoms with Crippen molar-refractivity contribution >= 4 is 41.0 Å². The first-order chi connectivity index (χ1) is 13.8. The molecule has 0 bridgehead atoms. The molecule has 1 heterocycles. The van der Waals surface area contributed by atoms with Crippen molar-refractivity contribution in [2.45, 2.75) is 44.6 Å². The normalized spacial score (nSPS) is 24.0. The molecule has 158 valence electrons. The number of urea groups is 1. The monoisotopic (exact) mass is 441 g/mol. The van der Waals surface area contributed by atoms with Crippen LogP contribution in [0.25, 0.3) is 0 Å². The van der Waals surface area contributed by atoms with Crippen molar-refractivity contribution in [2.24, 2.45) is 5.92 Å². The van der Waals surface area contributed by atoms with Gasteiger partial charge in [-0.25, -0.2) is 4.79 Å². The summed E-state index contributed by atoms with van der Waals surface area (Å²) >= 11 is 11.9. The largest absolute Gasteiger partial charge is 0.492 e. The molecule has 9 heteroatoms. The zero-order valence-electron chi connectivity index (χ0n) is 16.3. The van der Waals surface area contributed by atoms with Gasteiger partial charge >= 0.3 is 6.03 Å². The second-order valence-corrected chi connectivity index (χ2v) is 8.56. The molecule has 1 spiro atoms. The smallest absolute Gasteiger partial charge is 0.325 e. The van der Waals surface area contributed by atoms with Crippen LogP contribution in [0.1, 0.15) is 39.0 Å². The van der Waals surface area contributed by atoms with E-state index in [-0.39, 0.29) is 18.4 Å². The maximum absolute atomic E-state index is 12.7. The van der Waals surface area contributed by atoms with Crippen molar-refractivity contribution in [3.8, 4) is 5.75 Å². The summed E-state index contributed by atoms with van der Waals surface area (Å²) in [5, 5.41) is 6.48. The van der Waals surface area contributed by atoms with Gasteiger partial charge in [0.2, 0.25) is 5.91 Å². The van der Waals surface area contributed by atoms with Crippen molar-refractivity contribution in [1.82, 2.24) is 15.5 Å². The third-order valence-electron chi connectivity index (χ3n) is 5.47. The van der Waals surface area contributed by atoms with E-state index in [1.165, 1.54) is 0 Å². The third-order valence-corrected chi connectivity index (χ3v) is 6.00. The molecular weight excluding hydrogens is 417 g/mol. The fraction of sp³-hybridized carbons (Fsp3) is 0.550. The Morgan fingerprint density at radius 1 is 1.31 bits per heavy atom. The molecule has 1 saturated carbocycles. The van der Waals surface area contributed by atoms with Crippen LogP contribution in [0.3, 0.4) is 0 Å². The lowest BCUT2D eigenvalue weighted by Crippen LogP contribution is -2.49. The van der Waals surface area contributed by atoms with Crippen LogP contribution in [-0.2, 0) is 9.59 Å². The fourth-order valence-corrected chi connectivity index (χ4v) is 4.15. The molecular formula is C20H25Cl2N3O4. The first kappa shape index (κ1) is 21.7. The van der Waals surface area contributed by atoms with E-state index in [0.29, 0.717) is 54.1 Å². The molecule has 2 aliphatic rings. The molecule has 0 aromatic heterocycles. The molecule has 1 aliphatic heterocycles. The number of halogens is 2. The summed E-state index contributed by atoms with van der Waals surface area (Å²) in [6, 6.07) is 4.48. The van der Waals surface area contributed by atoms with E-state index in [0.717, 1.165) is 17.7 Å². The first-order valence-electron chi connectivity index (χ1n) is 9.79. The third kappa shape index (κ3) is 5.14. The highest BCUT2D eigenvalue weighted by Crippen LogP contribution is 2.36. The van der Waals surface area contributed by atoms with E-state index < -0.39 is 11.6 Å². The summed E-state index contributed by atoms with van der Waals surface area (Å²) in [6.45, 7) is 2.58. The minimum absolute atomic E-state index is 0.272. The lowest BCUT2D eigenvalue weighted by atomic mass is 9.77. The molecule has 0 radical (unpaired) electrons.